The molecule has 3 aromatic rings. The van der Waals surface area contributed by atoms with Gasteiger partial charge in [0.1, 0.15) is 29.7 Å². The molecule has 0 radical (unpaired) electrons. The van der Waals surface area contributed by atoms with Crippen LogP contribution >= 0.6 is 27.5 Å². The number of rotatable bonds is 8. The number of hydrogen-bond acceptors (Lipinski definition) is 4. The molecule has 0 saturated heterocycles. The predicted molar refractivity (Wildman–Crippen MR) is 134 cm³/mol. The van der Waals surface area contributed by atoms with Gasteiger partial charge in [-0.15, -0.1) is 0 Å². The molecule has 0 aliphatic heterocycles. The normalized spacial score (nSPS) is 11.1. The molecule has 3 aromatic carbocycles. The third kappa shape index (κ3) is 7.38. The molecule has 3 rings (SSSR count). The summed E-state index contributed by atoms with van der Waals surface area (Å²) in [6.07, 6.45) is 1.47. The van der Waals surface area contributed by atoms with Crippen LogP contribution < -0.4 is 14.8 Å². The fourth-order valence-corrected chi connectivity index (χ4v) is 3.35. The minimum Gasteiger partial charge on any atom is -0.489 e. The monoisotopic (exact) mass is 524 g/mol. The van der Waals surface area contributed by atoms with Crippen LogP contribution in [0.3, 0.4) is 0 Å². The summed E-state index contributed by atoms with van der Waals surface area (Å²) in [4.78, 5) is 12.6. The molecule has 0 aliphatic rings. The van der Waals surface area contributed by atoms with E-state index in [2.05, 4.69) is 21.2 Å². The Morgan fingerprint density at radius 3 is 2.42 bits per heavy atom. The van der Waals surface area contributed by atoms with Crippen LogP contribution in [0.2, 0.25) is 5.02 Å². The molecule has 0 unspecified atom stereocenters. The van der Waals surface area contributed by atoms with Gasteiger partial charge in [0.05, 0.1) is 11.1 Å². The second kappa shape index (κ2) is 11.6. The first-order chi connectivity index (χ1) is 15.8. The number of ether oxygens (including phenoxy) is 2. The smallest absolute Gasteiger partial charge is 0.266 e. The average Bonchev–Trinajstić information content (AvgIpc) is 2.79. The van der Waals surface area contributed by atoms with E-state index in [1.54, 1.807) is 42.5 Å². The first-order valence-corrected chi connectivity index (χ1v) is 11.4. The molecule has 33 heavy (non-hydrogen) atoms. The zero-order valence-corrected chi connectivity index (χ0v) is 20.5. The third-order valence-electron chi connectivity index (χ3n) is 4.43. The Morgan fingerprint density at radius 1 is 1.12 bits per heavy atom. The highest BCUT2D eigenvalue weighted by Gasteiger charge is 2.11. The number of carbonyl (C=O) groups excluding carboxylic acids is 1. The standard InChI is InChI=1S/C26H22BrClN2O3/c1-17(2)33-25-12-5-19(14-24(25)28)13-20(15-29)26(31)30-22-8-10-23(11-9-22)32-16-18-3-6-21(27)7-4-18/h3-14,17H,16H2,1-2H3,(H,30,31)/b20-13+. The molecule has 0 fully saturated rings. The SMILES string of the molecule is CC(C)Oc1ccc(/C=C(\C#N)C(=O)Nc2ccc(OCc3ccc(Br)cc3)cc2)cc1Cl. The van der Waals surface area contributed by atoms with Gasteiger partial charge in [0, 0.05) is 10.2 Å². The maximum Gasteiger partial charge on any atom is 0.266 e. The van der Waals surface area contributed by atoms with E-state index in [0.717, 1.165) is 10.0 Å². The maximum atomic E-state index is 12.6. The Hall–Kier alpha value is -3.27. The number of benzene rings is 3. The first-order valence-electron chi connectivity index (χ1n) is 10.2. The summed E-state index contributed by atoms with van der Waals surface area (Å²) in [6.45, 7) is 4.25. The summed E-state index contributed by atoms with van der Waals surface area (Å²) < 4.78 is 12.4. The van der Waals surface area contributed by atoms with Crippen LogP contribution in [0.4, 0.5) is 5.69 Å². The van der Waals surface area contributed by atoms with E-state index in [-0.39, 0.29) is 11.7 Å². The quantitative estimate of drug-likeness (QED) is 0.253. The van der Waals surface area contributed by atoms with Crippen LogP contribution in [0.5, 0.6) is 11.5 Å². The molecular weight excluding hydrogens is 504 g/mol. The number of carbonyl (C=O) groups is 1. The molecule has 0 aliphatic carbocycles. The number of nitrogens with zero attached hydrogens (tertiary/aromatic N) is 1. The van der Waals surface area contributed by atoms with E-state index < -0.39 is 5.91 Å². The highest BCUT2D eigenvalue weighted by atomic mass is 79.9. The van der Waals surface area contributed by atoms with Gasteiger partial charge in [-0.1, -0.05) is 45.7 Å². The van der Waals surface area contributed by atoms with Crippen molar-refractivity contribution in [3.63, 3.8) is 0 Å². The van der Waals surface area contributed by atoms with Gasteiger partial charge in [-0.3, -0.25) is 4.79 Å². The minimum atomic E-state index is -0.514. The summed E-state index contributed by atoms with van der Waals surface area (Å²) in [7, 11) is 0. The zero-order valence-electron chi connectivity index (χ0n) is 18.1. The van der Waals surface area contributed by atoms with Crippen molar-refractivity contribution in [2.45, 2.75) is 26.6 Å². The number of nitrogens with one attached hydrogen (secondary N) is 1. The van der Waals surface area contributed by atoms with Gasteiger partial charge < -0.3 is 14.8 Å². The van der Waals surface area contributed by atoms with Crippen LogP contribution in [0, 0.1) is 11.3 Å². The lowest BCUT2D eigenvalue weighted by molar-refractivity contribution is -0.112. The summed E-state index contributed by atoms with van der Waals surface area (Å²) in [6, 6.07) is 21.9. The third-order valence-corrected chi connectivity index (χ3v) is 5.25. The average molecular weight is 526 g/mol. The Labute approximate surface area is 206 Å². The number of amides is 1. The molecular formula is C26H22BrClN2O3. The lowest BCUT2D eigenvalue weighted by atomic mass is 10.1. The predicted octanol–water partition coefficient (Wildman–Crippen LogP) is 7.01. The van der Waals surface area contributed by atoms with E-state index in [9.17, 15) is 10.1 Å². The Kier molecular flexibility index (Phi) is 8.53. The summed E-state index contributed by atoms with van der Waals surface area (Å²) in [5.41, 5.74) is 2.18. The molecule has 1 amide bonds. The van der Waals surface area contributed by atoms with Gasteiger partial charge >= 0.3 is 0 Å². The number of halogens is 2. The van der Waals surface area contributed by atoms with Gasteiger partial charge in [0.2, 0.25) is 0 Å². The Bertz CT molecular complexity index is 1180. The molecule has 0 aromatic heterocycles. The fourth-order valence-electron chi connectivity index (χ4n) is 2.85. The number of nitriles is 1. The highest BCUT2D eigenvalue weighted by Crippen LogP contribution is 2.27. The molecule has 168 valence electrons. The first kappa shape index (κ1) is 24.4. The molecule has 0 bridgehead atoms. The summed E-state index contributed by atoms with van der Waals surface area (Å²) >= 11 is 9.65. The zero-order chi connectivity index (χ0) is 23.8. The Balaban J connectivity index is 1.62. The molecule has 0 saturated carbocycles. The van der Waals surface area contributed by atoms with Crippen molar-refractivity contribution in [1.82, 2.24) is 0 Å². The summed E-state index contributed by atoms with van der Waals surface area (Å²) in [5.74, 6) is 0.708. The van der Waals surface area contributed by atoms with Gasteiger partial charge in [-0.25, -0.2) is 0 Å². The van der Waals surface area contributed by atoms with Crippen molar-refractivity contribution in [3.05, 3.63) is 92.9 Å². The van der Waals surface area contributed by atoms with Crippen LogP contribution in [0.15, 0.2) is 76.8 Å². The molecule has 5 nitrogen and oxygen atoms in total. The van der Waals surface area contributed by atoms with Crippen LogP contribution in [-0.2, 0) is 11.4 Å². The van der Waals surface area contributed by atoms with E-state index in [4.69, 9.17) is 21.1 Å². The molecule has 0 spiro atoms. The van der Waals surface area contributed by atoms with E-state index in [0.29, 0.717) is 34.4 Å². The largest absolute Gasteiger partial charge is 0.489 e. The van der Waals surface area contributed by atoms with Crippen molar-refractivity contribution < 1.29 is 14.3 Å². The fraction of sp³-hybridized carbons (Fsp3) is 0.154. The van der Waals surface area contributed by atoms with E-state index in [1.165, 1.54) is 6.08 Å². The van der Waals surface area contributed by atoms with Crippen molar-refractivity contribution in [2.75, 3.05) is 5.32 Å². The molecule has 0 heterocycles. The van der Waals surface area contributed by atoms with E-state index in [1.807, 2.05) is 44.2 Å². The second-order valence-corrected chi connectivity index (χ2v) is 8.74. The van der Waals surface area contributed by atoms with Gasteiger partial charge in [-0.2, -0.15) is 5.26 Å². The number of anilines is 1. The van der Waals surface area contributed by atoms with Gasteiger partial charge in [-0.05, 0) is 79.6 Å². The minimum absolute atomic E-state index is 0.0121. The van der Waals surface area contributed by atoms with Crippen molar-refractivity contribution in [3.8, 4) is 17.6 Å². The molecule has 0 atom stereocenters. The van der Waals surface area contributed by atoms with Crippen molar-refractivity contribution in [2.24, 2.45) is 0 Å². The molecule has 7 heteroatoms. The maximum absolute atomic E-state index is 12.6. The van der Waals surface area contributed by atoms with Crippen LogP contribution in [-0.4, -0.2) is 12.0 Å². The van der Waals surface area contributed by atoms with Gasteiger partial charge in [0.15, 0.2) is 0 Å². The van der Waals surface area contributed by atoms with Crippen LogP contribution in [0.25, 0.3) is 6.08 Å². The number of hydrogen-bond donors (Lipinski definition) is 1. The van der Waals surface area contributed by atoms with Gasteiger partial charge in [0.25, 0.3) is 5.91 Å². The van der Waals surface area contributed by atoms with Crippen LogP contribution in [0.1, 0.15) is 25.0 Å². The van der Waals surface area contributed by atoms with Crippen molar-refractivity contribution >= 4 is 45.2 Å². The lowest BCUT2D eigenvalue weighted by Crippen LogP contribution is -2.13. The van der Waals surface area contributed by atoms with E-state index >= 15 is 0 Å². The topological polar surface area (TPSA) is 71.3 Å². The van der Waals surface area contributed by atoms with Crippen molar-refractivity contribution in [1.29, 1.82) is 5.26 Å². The Morgan fingerprint density at radius 2 is 1.82 bits per heavy atom. The molecule has 1 N–H and O–H groups in total. The second-order valence-electron chi connectivity index (χ2n) is 7.42. The summed E-state index contributed by atoms with van der Waals surface area (Å²) in [5, 5.41) is 12.6. The lowest BCUT2D eigenvalue weighted by Gasteiger charge is -2.11. The highest BCUT2D eigenvalue weighted by molar-refractivity contribution is 9.10.